The number of benzene rings is 4. The molecule has 2 heterocycles. The molecule has 5 aromatic rings. The molecule has 0 fully saturated rings. The van der Waals surface area contributed by atoms with Crippen LogP contribution >= 0.6 is 0 Å². The third-order valence-electron chi connectivity index (χ3n) is 7.24. The maximum absolute atomic E-state index is 6.86. The summed E-state index contributed by atoms with van der Waals surface area (Å²) in [4.78, 5) is 8.91. The number of aromatic amines is 1. The van der Waals surface area contributed by atoms with Crippen molar-refractivity contribution in [3.05, 3.63) is 143 Å². The molecule has 1 N–H and O–H groups in total. The summed E-state index contributed by atoms with van der Waals surface area (Å²) in [5.74, 6) is 1.48. The van der Waals surface area contributed by atoms with Gasteiger partial charge in [0.2, 0.25) is 0 Å². The van der Waals surface area contributed by atoms with E-state index in [0.717, 1.165) is 50.6 Å². The van der Waals surface area contributed by atoms with Gasteiger partial charge in [-0.25, -0.2) is 0 Å². The van der Waals surface area contributed by atoms with Crippen molar-refractivity contribution in [3.63, 3.8) is 0 Å². The number of rotatable bonds is 5. The number of nitrogens with zero attached hydrogens (tertiary/aromatic N) is 2. The molecule has 4 aromatic carbocycles. The molecule has 0 saturated carbocycles. The van der Waals surface area contributed by atoms with Crippen LogP contribution in [0.5, 0.6) is 0 Å². The maximum atomic E-state index is 6.86. The average molecular weight is 516 g/mol. The van der Waals surface area contributed by atoms with Gasteiger partial charge in [-0.15, -0.1) is 0 Å². The molecule has 0 atom stereocenters. The second-order valence-electron chi connectivity index (χ2n) is 10.7. The van der Waals surface area contributed by atoms with Gasteiger partial charge in [-0.3, -0.25) is 4.49 Å². The number of amidine groups is 1. The molecular weight excluding hydrogens is 485 g/mol. The average Bonchev–Trinajstić information content (AvgIpc) is 3.50. The number of aliphatic imine (C=N–C) groups is 1. The zero-order valence-electron chi connectivity index (χ0n) is 23.4. The SMILES string of the molecule is [B][N+]1=C(c2ccccc2)C=C(c2cc(C)cc(C)c2)/C1=N/c1[nH]c(-c2ccccc2)cc1-c1cc(C)cc(C)c1. The van der Waals surface area contributed by atoms with Crippen molar-refractivity contribution in [1.29, 1.82) is 0 Å². The minimum Gasteiger partial charge on any atom is -0.318 e. The molecule has 0 spiro atoms. The van der Waals surface area contributed by atoms with Gasteiger partial charge in [-0.1, -0.05) is 119 Å². The van der Waals surface area contributed by atoms with E-state index < -0.39 is 0 Å². The lowest BCUT2D eigenvalue weighted by molar-refractivity contribution is -0.221. The van der Waals surface area contributed by atoms with E-state index >= 15 is 0 Å². The molecule has 0 unspecified atom stereocenters. The number of hydrogen-bond acceptors (Lipinski definition) is 1. The fourth-order valence-corrected chi connectivity index (χ4v) is 5.56. The Labute approximate surface area is 237 Å². The van der Waals surface area contributed by atoms with E-state index in [1.807, 2.05) is 24.3 Å². The summed E-state index contributed by atoms with van der Waals surface area (Å²) in [5.41, 5.74) is 13.2. The lowest BCUT2D eigenvalue weighted by atomic mass is 9.99. The van der Waals surface area contributed by atoms with Gasteiger partial charge in [-0.2, -0.15) is 0 Å². The van der Waals surface area contributed by atoms with Crippen molar-refractivity contribution in [3.8, 4) is 22.4 Å². The summed E-state index contributed by atoms with van der Waals surface area (Å²) < 4.78 is 1.72. The smallest absolute Gasteiger partial charge is 0.318 e. The van der Waals surface area contributed by atoms with Crippen LogP contribution in [0.2, 0.25) is 0 Å². The Bertz CT molecular complexity index is 1780. The normalized spacial score (nSPS) is 14.2. The molecule has 4 heteroatoms. The lowest BCUT2D eigenvalue weighted by Crippen LogP contribution is -2.20. The first-order chi connectivity index (χ1) is 19.4. The number of H-pyrrole nitrogens is 1. The van der Waals surface area contributed by atoms with Crippen LogP contribution in [0, 0.1) is 27.7 Å². The molecule has 1 aromatic heterocycles. The summed E-state index contributed by atoms with van der Waals surface area (Å²) >= 11 is 0. The van der Waals surface area contributed by atoms with Gasteiger partial charge in [-0.05, 0) is 61.5 Å². The third kappa shape index (κ3) is 5.01. The molecule has 0 saturated heterocycles. The van der Waals surface area contributed by atoms with E-state index in [0.29, 0.717) is 5.84 Å². The third-order valence-corrected chi connectivity index (χ3v) is 7.24. The van der Waals surface area contributed by atoms with Crippen LogP contribution in [0.25, 0.3) is 28.0 Å². The van der Waals surface area contributed by atoms with Crippen LogP contribution in [0.1, 0.15) is 33.4 Å². The Morgan fingerprint density at radius 1 is 0.600 bits per heavy atom. The summed E-state index contributed by atoms with van der Waals surface area (Å²) in [5, 5.41) is 0. The van der Waals surface area contributed by atoms with Crippen molar-refractivity contribution < 1.29 is 4.49 Å². The van der Waals surface area contributed by atoms with Gasteiger partial charge in [0.15, 0.2) is 0 Å². The zero-order chi connectivity index (χ0) is 27.8. The van der Waals surface area contributed by atoms with E-state index in [1.165, 1.54) is 22.3 Å². The fourth-order valence-electron chi connectivity index (χ4n) is 5.56. The first-order valence-corrected chi connectivity index (χ1v) is 13.6. The van der Waals surface area contributed by atoms with Gasteiger partial charge in [0.05, 0.1) is 11.1 Å². The van der Waals surface area contributed by atoms with E-state index in [1.54, 1.807) is 4.49 Å². The van der Waals surface area contributed by atoms with Gasteiger partial charge in [0, 0.05) is 11.3 Å². The summed E-state index contributed by atoms with van der Waals surface area (Å²) in [6, 6.07) is 36.0. The molecule has 3 nitrogen and oxygen atoms in total. The topological polar surface area (TPSA) is 31.2 Å². The second-order valence-corrected chi connectivity index (χ2v) is 10.7. The summed E-state index contributed by atoms with van der Waals surface area (Å²) in [6.07, 6.45) is 2.15. The van der Waals surface area contributed by atoms with Gasteiger partial charge >= 0.3 is 13.8 Å². The van der Waals surface area contributed by atoms with E-state index in [-0.39, 0.29) is 0 Å². The van der Waals surface area contributed by atoms with Crippen LogP contribution < -0.4 is 0 Å². The van der Waals surface area contributed by atoms with E-state index in [9.17, 15) is 0 Å². The summed E-state index contributed by atoms with van der Waals surface area (Å²) in [6.45, 7) is 8.52. The Morgan fingerprint density at radius 2 is 1.12 bits per heavy atom. The Balaban J connectivity index is 1.59. The van der Waals surface area contributed by atoms with Crippen molar-refractivity contribution in [2.45, 2.75) is 27.7 Å². The highest BCUT2D eigenvalue weighted by atomic mass is 15.1. The number of allylic oxidation sites excluding steroid dienone is 1. The first-order valence-electron chi connectivity index (χ1n) is 13.6. The summed E-state index contributed by atoms with van der Waals surface area (Å²) in [7, 11) is 6.86. The first kappa shape index (κ1) is 25.6. The zero-order valence-corrected chi connectivity index (χ0v) is 23.4. The minimum absolute atomic E-state index is 0.705. The Kier molecular flexibility index (Phi) is 6.69. The molecule has 1 aliphatic heterocycles. The molecule has 1 aliphatic rings. The predicted molar refractivity (Wildman–Crippen MR) is 169 cm³/mol. The highest BCUT2D eigenvalue weighted by Crippen LogP contribution is 2.37. The van der Waals surface area contributed by atoms with Crippen LogP contribution in [0.4, 0.5) is 5.82 Å². The lowest BCUT2D eigenvalue weighted by Gasteiger charge is -2.06. The van der Waals surface area contributed by atoms with E-state index in [4.69, 9.17) is 13.0 Å². The standard InChI is InChI=1S/C36H31BN3/c1-23-15-24(2)18-29(17-23)31-21-33(27-11-7-5-8-12-27)38-35(31)39-36-32(30-19-25(3)16-26(4)20-30)22-34(40(36)37)28-13-9-6-10-14-28/h5-22,38H,1-4H3/q+1. The Hall–Kier alpha value is -4.70. The van der Waals surface area contributed by atoms with Crippen molar-refractivity contribution in [2.75, 3.05) is 0 Å². The molecule has 2 radical (unpaired) electrons. The molecule has 0 bridgehead atoms. The molecule has 40 heavy (non-hydrogen) atoms. The minimum atomic E-state index is 0.705. The monoisotopic (exact) mass is 516 g/mol. The number of hydrogen-bond donors (Lipinski definition) is 1. The number of nitrogens with one attached hydrogen (secondary N) is 1. The van der Waals surface area contributed by atoms with Crippen LogP contribution in [-0.4, -0.2) is 29.0 Å². The molecule has 0 aliphatic carbocycles. The van der Waals surface area contributed by atoms with E-state index in [2.05, 4.69) is 118 Å². The van der Waals surface area contributed by atoms with Gasteiger partial charge in [0.25, 0.3) is 5.82 Å². The quantitative estimate of drug-likeness (QED) is 0.228. The van der Waals surface area contributed by atoms with Crippen LogP contribution in [0.15, 0.2) is 114 Å². The maximum Gasteiger partial charge on any atom is 0.409 e. The predicted octanol–water partition coefficient (Wildman–Crippen LogP) is 8.29. The van der Waals surface area contributed by atoms with Crippen molar-refractivity contribution in [1.82, 2.24) is 4.98 Å². The molecule has 192 valence electrons. The largest absolute Gasteiger partial charge is 0.409 e. The Morgan fingerprint density at radius 3 is 1.70 bits per heavy atom. The highest BCUT2D eigenvalue weighted by molar-refractivity contribution is 6.36. The van der Waals surface area contributed by atoms with Gasteiger partial charge < -0.3 is 4.98 Å². The van der Waals surface area contributed by atoms with Crippen LogP contribution in [0.3, 0.4) is 0 Å². The molecule has 0 amide bonds. The second kappa shape index (κ2) is 10.5. The van der Waals surface area contributed by atoms with Crippen LogP contribution in [-0.2, 0) is 0 Å². The number of aromatic nitrogens is 1. The van der Waals surface area contributed by atoms with Gasteiger partial charge in [0.1, 0.15) is 5.71 Å². The number of aryl methyl sites for hydroxylation is 4. The molecule has 6 rings (SSSR count). The van der Waals surface area contributed by atoms with Crippen molar-refractivity contribution >= 4 is 30.9 Å². The fraction of sp³-hybridized carbons (Fsp3) is 0.111. The van der Waals surface area contributed by atoms with Crippen molar-refractivity contribution in [2.24, 2.45) is 4.99 Å². The molecular formula is C36H31BN3+. The highest BCUT2D eigenvalue weighted by Gasteiger charge is 2.31.